The number of carbonyl (C=O) groups is 2. The predicted molar refractivity (Wildman–Crippen MR) is 78.8 cm³/mol. The van der Waals surface area contributed by atoms with Crippen LogP contribution in [-0.4, -0.2) is 28.3 Å². The van der Waals surface area contributed by atoms with Crippen LogP contribution in [0.3, 0.4) is 0 Å². The lowest BCUT2D eigenvalue weighted by molar-refractivity contribution is -0.147. The fourth-order valence-electron chi connectivity index (χ4n) is 2.10. The number of hydrogen-bond donors (Lipinski definition) is 2. The van der Waals surface area contributed by atoms with E-state index in [0.717, 1.165) is 17.7 Å². The van der Waals surface area contributed by atoms with E-state index < -0.39 is 11.5 Å². The maximum Gasteiger partial charge on any atom is 0.329 e. The normalized spacial score (nSPS) is 17.3. The summed E-state index contributed by atoms with van der Waals surface area (Å²) in [6, 6.07) is 7.91. The van der Waals surface area contributed by atoms with Crippen molar-refractivity contribution in [1.82, 2.24) is 5.32 Å². The Morgan fingerprint density at radius 3 is 2.45 bits per heavy atom. The van der Waals surface area contributed by atoms with E-state index >= 15 is 0 Å². The van der Waals surface area contributed by atoms with Crippen LogP contribution < -0.4 is 5.32 Å². The third-order valence-corrected chi connectivity index (χ3v) is 4.64. The van der Waals surface area contributed by atoms with Crippen molar-refractivity contribution in [3.05, 3.63) is 29.8 Å². The first-order valence-electron chi connectivity index (χ1n) is 6.65. The van der Waals surface area contributed by atoms with Gasteiger partial charge < -0.3 is 10.4 Å². The van der Waals surface area contributed by atoms with Crippen LogP contribution in [0.4, 0.5) is 0 Å². The number of thioether (sulfide) groups is 1. The third kappa shape index (κ3) is 3.54. The molecule has 1 atom stereocenters. The number of amides is 1. The largest absolute Gasteiger partial charge is 0.480 e. The zero-order chi connectivity index (χ0) is 14.8. The second kappa shape index (κ2) is 5.87. The molecule has 1 saturated carbocycles. The molecule has 108 valence electrons. The van der Waals surface area contributed by atoms with Crippen LogP contribution in [0.1, 0.15) is 25.3 Å². The summed E-state index contributed by atoms with van der Waals surface area (Å²) in [5.41, 5.74) is 0.0521. The number of nitrogens with one attached hydrogen (secondary N) is 1. The molecule has 5 heteroatoms. The monoisotopic (exact) mass is 293 g/mol. The Labute approximate surface area is 123 Å². The van der Waals surface area contributed by atoms with Gasteiger partial charge in [0, 0.05) is 4.90 Å². The van der Waals surface area contributed by atoms with Crippen LogP contribution >= 0.6 is 11.8 Å². The number of aliphatic carboxylic acids is 1. The molecule has 0 bridgehead atoms. The van der Waals surface area contributed by atoms with Crippen LogP contribution in [-0.2, 0) is 9.59 Å². The molecule has 0 radical (unpaired) electrons. The topological polar surface area (TPSA) is 66.4 Å². The molecule has 1 aromatic rings. The summed E-state index contributed by atoms with van der Waals surface area (Å²) in [7, 11) is 0. The van der Waals surface area contributed by atoms with E-state index in [1.54, 1.807) is 6.92 Å². The predicted octanol–water partition coefficient (Wildman–Crippen LogP) is 2.46. The minimum absolute atomic E-state index is 0.0633. The molecule has 2 rings (SSSR count). The van der Waals surface area contributed by atoms with Gasteiger partial charge in [-0.05, 0) is 44.7 Å². The minimum Gasteiger partial charge on any atom is -0.480 e. The van der Waals surface area contributed by atoms with Crippen molar-refractivity contribution in [2.45, 2.75) is 37.1 Å². The molecule has 1 unspecified atom stereocenters. The van der Waals surface area contributed by atoms with Crippen molar-refractivity contribution < 1.29 is 14.7 Å². The molecule has 1 aliphatic carbocycles. The highest BCUT2D eigenvalue weighted by Gasteiger charge is 2.48. The summed E-state index contributed by atoms with van der Waals surface area (Å²) in [5.74, 6) is -0.882. The van der Waals surface area contributed by atoms with Crippen LogP contribution in [0.5, 0.6) is 0 Å². The van der Waals surface area contributed by atoms with Crippen LogP contribution in [0.15, 0.2) is 29.2 Å². The Morgan fingerprint density at radius 1 is 1.35 bits per heavy atom. The van der Waals surface area contributed by atoms with Gasteiger partial charge in [0.15, 0.2) is 0 Å². The molecule has 1 amide bonds. The highest BCUT2D eigenvalue weighted by atomic mass is 32.2. The molecule has 0 saturated heterocycles. The summed E-state index contributed by atoms with van der Waals surface area (Å²) in [5, 5.41) is 12.0. The lowest BCUT2D eigenvalue weighted by atomic mass is 9.96. The van der Waals surface area contributed by atoms with Gasteiger partial charge in [0.05, 0.1) is 5.75 Å². The Hall–Kier alpha value is -1.49. The SMILES string of the molecule is Cc1ccc(SCC(=O)NC(C)(C(=O)O)C2CC2)cc1. The molecule has 0 aromatic heterocycles. The van der Waals surface area contributed by atoms with Gasteiger partial charge in [0.2, 0.25) is 5.91 Å². The van der Waals surface area contributed by atoms with Crippen LogP contribution in [0, 0.1) is 12.8 Å². The summed E-state index contributed by atoms with van der Waals surface area (Å²) < 4.78 is 0. The van der Waals surface area contributed by atoms with Gasteiger partial charge in [-0.3, -0.25) is 4.79 Å². The van der Waals surface area contributed by atoms with Gasteiger partial charge in [-0.25, -0.2) is 4.79 Å². The Kier molecular flexibility index (Phi) is 4.38. The first-order chi connectivity index (χ1) is 9.41. The summed E-state index contributed by atoms with van der Waals surface area (Å²) in [6.07, 6.45) is 1.74. The number of carboxylic acids is 1. The Bertz CT molecular complexity index is 510. The summed E-state index contributed by atoms with van der Waals surface area (Å²) in [4.78, 5) is 24.3. The summed E-state index contributed by atoms with van der Waals surface area (Å²) >= 11 is 1.42. The molecule has 4 nitrogen and oxygen atoms in total. The molecule has 1 fully saturated rings. The molecule has 0 spiro atoms. The van der Waals surface area contributed by atoms with Gasteiger partial charge >= 0.3 is 5.97 Å². The molecule has 20 heavy (non-hydrogen) atoms. The van der Waals surface area contributed by atoms with E-state index in [4.69, 9.17) is 0 Å². The lowest BCUT2D eigenvalue weighted by Gasteiger charge is -2.26. The van der Waals surface area contributed by atoms with Crippen molar-refractivity contribution in [1.29, 1.82) is 0 Å². The highest BCUT2D eigenvalue weighted by molar-refractivity contribution is 8.00. The van der Waals surface area contributed by atoms with E-state index in [1.807, 2.05) is 31.2 Å². The Balaban J connectivity index is 1.88. The molecular weight excluding hydrogens is 274 g/mol. The van der Waals surface area contributed by atoms with Crippen molar-refractivity contribution in [3.8, 4) is 0 Å². The van der Waals surface area contributed by atoms with Gasteiger partial charge in [0.1, 0.15) is 5.54 Å². The molecule has 1 aliphatic rings. The second-order valence-corrected chi connectivity index (χ2v) is 6.48. The van der Waals surface area contributed by atoms with Crippen molar-refractivity contribution in [2.75, 3.05) is 5.75 Å². The standard InChI is InChI=1S/C15H19NO3S/c1-10-3-7-12(8-4-10)20-9-13(17)16-15(2,14(18)19)11-5-6-11/h3-4,7-8,11H,5-6,9H2,1-2H3,(H,16,17)(H,18,19). The van der Waals surface area contributed by atoms with E-state index in [0.29, 0.717) is 0 Å². The van der Waals surface area contributed by atoms with E-state index in [1.165, 1.54) is 17.3 Å². The first-order valence-corrected chi connectivity index (χ1v) is 7.64. The molecular formula is C15H19NO3S. The zero-order valence-corrected chi connectivity index (χ0v) is 12.5. The number of carbonyl (C=O) groups excluding carboxylic acids is 1. The average molecular weight is 293 g/mol. The number of rotatable bonds is 6. The number of carboxylic acid groups (broad SMARTS) is 1. The van der Waals surface area contributed by atoms with Crippen molar-refractivity contribution in [2.24, 2.45) is 5.92 Å². The van der Waals surface area contributed by atoms with Gasteiger partial charge in [-0.1, -0.05) is 17.7 Å². The average Bonchev–Trinajstić information content (AvgIpc) is 3.22. The number of benzene rings is 1. The Morgan fingerprint density at radius 2 is 1.95 bits per heavy atom. The van der Waals surface area contributed by atoms with Crippen molar-refractivity contribution >= 4 is 23.6 Å². The molecule has 1 aromatic carbocycles. The maximum atomic E-state index is 11.9. The van der Waals surface area contributed by atoms with E-state index in [9.17, 15) is 14.7 Å². The molecule has 2 N–H and O–H groups in total. The smallest absolute Gasteiger partial charge is 0.329 e. The number of aryl methyl sites for hydroxylation is 1. The second-order valence-electron chi connectivity index (χ2n) is 5.43. The maximum absolute atomic E-state index is 11.9. The van der Waals surface area contributed by atoms with Gasteiger partial charge in [-0.2, -0.15) is 0 Å². The molecule has 0 heterocycles. The molecule has 0 aliphatic heterocycles. The quantitative estimate of drug-likeness (QED) is 0.791. The highest BCUT2D eigenvalue weighted by Crippen LogP contribution is 2.39. The summed E-state index contributed by atoms with van der Waals surface area (Å²) in [6.45, 7) is 3.61. The van der Waals surface area contributed by atoms with Crippen LogP contribution in [0.2, 0.25) is 0 Å². The third-order valence-electron chi connectivity index (χ3n) is 3.63. The van der Waals surface area contributed by atoms with E-state index in [-0.39, 0.29) is 17.6 Å². The fourth-order valence-corrected chi connectivity index (χ4v) is 2.80. The van der Waals surface area contributed by atoms with Gasteiger partial charge in [0.25, 0.3) is 0 Å². The van der Waals surface area contributed by atoms with Crippen molar-refractivity contribution in [3.63, 3.8) is 0 Å². The minimum atomic E-state index is -1.12. The number of hydrogen-bond acceptors (Lipinski definition) is 3. The van der Waals surface area contributed by atoms with Crippen LogP contribution in [0.25, 0.3) is 0 Å². The van der Waals surface area contributed by atoms with Gasteiger partial charge in [-0.15, -0.1) is 11.8 Å². The van der Waals surface area contributed by atoms with E-state index in [2.05, 4.69) is 5.32 Å². The first kappa shape index (κ1) is 14.9. The zero-order valence-electron chi connectivity index (χ0n) is 11.7. The lowest BCUT2D eigenvalue weighted by Crippen LogP contribution is -2.54. The fraction of sp³-hybridized carbons (Fsp3) is 0.467.